The zero-order valence-electron chi connectivity index (χ0n) is 9.52. The van der Waals surface area contributed by atoms with E-state index in [-0.39, 0.29) is 25.9 Å². The van der Waals surface area contributed by atoms with Gasteiger partial charge in [0.1, 0.15) is 0 Å². The van der Waals surface area contributed by atoms with Crippen LogP contribution in [0.3, 0.4) is 0 Å². The molecule has 0 aromatic rings. The lowest BCUT2D eigenvalue weighted by Gasteiger charge is -2.39. The molecule has 1 atom stereocenters. The van der Waals surface area contributed by atoms with Gasteiger partial charge in [0.15, 0.2) is 0 Å². The predicted molar refractivity (Wildman–Crippen MR) is 58.6 cm³/mol. The van der Waals surface area contributed by atoms with Gasteiger partial charge in [0, 0.05) is 18.0 Å². The topological polar surface area (TPSA) is 63.9 Å². The van der Waals surface area contributed by atoms with E-state index in [1.54, 1.807) is 0 Å². The molecule has 1 fully saturated rings. The molecule has 0 radical (unpaired) electrons. The first-order valence-corrected chi connectivity index (χ1v) is 5.72. The van der Waals surface area contributed by atoms with Gasteiger partial charge in [-0.25, -0.2) is 0 Å². The van der Waals surface area contributed by atoms with E-state index in [9.17, 15) is 15.3 Å². The summed E-state index contributed by atoms with van der Waals surface area (Å²) in [5, 5.41) is 27.7. The summed E-state index contributed by atoms with van der Waals surface area (Å²) in [6.45, 7) is 3.63. The predicted octanol–water partition coefficient (Wildman–Crippen LogP) is -0.176. The van der Waals surface area contributed by atoms with E-state index in [1.165, 1.54) is 0 Å². The monoisotopic (exact) mass is 217 g/mol. The van der Waals surface area contributed by atoms with E-state index in [4.69, 9.17) is 0 Å². The Morgan fingerprint density at radius 3 is 2.40 bits per heavy atom. The maximum Gasteiger partial charge on any atom is 0.0586 e. The van der Waals surface area contributed by atoms with Crippen LogP contribution in [0.15, 0.2) is 0 Å². The smallest absolute Gasteiger partial charge is 0.0586 e. The van der Waals surface area contributed by atoms with Crippen LogP contribution in [0.1, 0.15) is 26.2 Å². The van der Waals surface area contributed by atoms with Crippen LogP contribution in [0.4, 0.5) is 0 Å². The summed E-state index contributed by atoms with van der Waals surface area (Å²) in [6, 6.07) is 0.205. The summed E-state index contributed by atoms with van der Waals surface area (Å²) in [5.74, 6) is 0. The molecule has 4 heteroatoms. The van der Waals surface area contributed by atoms with Crippen LogP contribution in [0.5, 0.6) is 0 Å². The van der Waals surface area contributed by atoms with Gasteiger partial charge in [0.05, 0.1) is 19.8 Å². The van der Waals surface area contributed by atoms with Gasteiger partial charge < -0.3 is 15.3 Å². The maximum atomic E-state index is 9.24. The van der Waals surface area contributed by atoms with Gasteiger partial charge in [-0.15, -0.1) is 0 Å². The number of likely N-dealkylation sites (tertiary alicyclic amines) is 1. The van der Waals surface area contributed by atoms with Gasteiger partial charge in [-0.2, -0.15) is 0 Å². The molecule has 0 aliphatic carbocycles. The molecule has 90 valence electrons. The van der Waals surface area contributed by atoms with Crippen LogP contribution in [-0.4, -0.2) is 59.2 Å². The number of nitrogens with zero attached hydrogens (tertiary/aromatic N) is 1. The summed E-state index contributed by atoms with van der Waals surface area (Å²) in [7, 11) is 0. The molecule has 0 saturated carbocycles. The molecule has 1 aliphatic rings. The van der Waals surface area contributed by atoms with E-state index in [2.05, 4.69) is 4.90 Å². The highest BCUT2D eigenvalue weighted by Gasteiger charge is 2.30. The van der Waals surface area contributed by atoms with Gasteiger partial charge in [-0.3, -0.25) is 4.90 Å². The molecule has 0 bridgehead atoms. The number of aliphatic hydroxyl groups excluding tert-OH is 3. The Morgan fingerprint density at radius 2 is 1.87 bits per heavy atom. The van der Waals surface area contributed by atoms with Gasteiger partial charge in [0.2, 0.25) is 0 Å². The average molecular weight is 217 g/mol. The van der Waals surface area contributed by atoms with Gasteiger partial charge in [-0.1, -0.05) is 13.3 Å². The molecule has 0 spiro atoms. The first-order chi connectivity index (χ1) is 7.15. The number of hydrogen-bond donors (Lipinski definition) is 3. The van der Waals surface area contributed by atoms with Crippen molar-refractivity contribution in [2.24, 2.45) is 5.41 Å². The number of piperidine rings is 1. The third-order valence-electron chi connectivity index (χ3n) is 3.31. The Kier molecular flexibility index (Phi) is 4.99. The summed E-state index contributed by atoms with van der Waals surface area (Å²) in [5.41, 5.74) is -0.454. The fourth-order valence-electron chi connectivity index (χ4n) is 2.12. The van der Waals surface area contributed by atoms with Crippen LogP contribution >= 0.6 is 0 Å². The van der Waals surface area contributed by atoms with E-state index >= 15 is 0 Å². The van der Waals surface area contributed by atoms with Crippen molar-refractivity contribution in [2.45, 2.75) is 32.2 Å². The minimum atomic E-state index is -0.454. The van der Waals surface area contributed by atoms with Crippen LogP contribution in [-0.2, 0) is 0 Å². The first kappa shape index (κ1) is 12.9. The number of aliphatic hydroxyl groups is 3. The molecule has 0 aromatic heterocycles. The maximum absolute atomic E-state index is 9.24. The SMILES string of the molecule is CC(CO)(CO)CN1CCCCC1CO. The van der Waals surface area contributed by atoms with E-state index in [0.717, 1.165) is 25.8 Å². The fourth-order valence-corrected chi connectivity index (χ4v) is 2.12. The van der Waals surface area contributed by atoms with Gasteiger partial charge in [0.25, 0.3) is 0 Å². The molecule has 0 aromatic carbocycles. The largest absolute Gasteiger partial charge is 0.396 e. The average Bonchev–Trinajstić information content (AvgIpc) is 2.29. The molecule has 1 rings (SSSR count). The quantitative estimate of drug-likeness (QED) is 0.598. The number of rotatable bonds is 5. The summed E-state index contributed by atoms with van der Waals surface area (Å²) < 4.78 is 0. The van der Waals surface area contributed by atoms with Crippen molar-refractivity contribution in [1.29, 1.82) is 0 Å². The zero-order valence-corrected chi connectivity index (χ0v) is 9.52. The van der Waals surface area contributed by atoms with Crippen molar-refractivity contribution in [3.8, 4) is 0 Å². The molecule has 1 saturated heterocycles. The standard InChI is InChI=1S/C11H23NO3/c1-11(8-14,9-15)7-12-5-3-2-4-10(12)6-13/h10,13-15H,2-9H2,1H3. The molecule has 4 nitrogen and oxygen atoms in total. The van der Waals surface area contributed by atoms with Crippen molar-refractivity contribution in [1.82, 2.24) is 4.90 Å². The molecule has 15 heavy (non-hydrogen) atoms. The van der Waals surface area contributed by atoms with Gasteiger partial charge >= 0.3 is 0 Å². The molecule has 3 N–H and O–H groups in total. The van der Waals surface area contributed by atoms with Crippen LogP contribution in [0.25, 0.3) is 0 Å². The molecule has 0 amide bonds. The summed E-state index contributed by atoms with van der Waals surface area (Å²) >= 11 is 0. The first-order valence-electron chi connectivity index (χ1n) is 5.72. The van der Waals surface area contributed by atoms with Crippen molar-refractivity contribution < 1.29 is 15.3 Å². The second kappa shape index (κ2) is 5.80. The van der Waals surface area contributed by atoms with Crippen molar-refractivity contribution >= 4 is 0 Å². The Balaban J connectivity index is 2.53. The second-order valence-electron chi connectivity index (χ2n) is 4.93. The van der Waals surface area contributed by atoms with E-state index < -0.39 is 5.41 Å². The molecule has 1 aliphatic heterocycles. The lowest BCUT2D eigenvalue weighted by Crippen LogP contribution is -2.49. The lowest BCUT2D eigenvalue weighted by atomic mass is 9.90. The Bertz CT molecular complexity index is 183. The molecule has 1 unspecified atom stereocenters. The van der Waals surface area contributed by atoms with Crippen molar-refractivity contribution in [2.75, 3.05) is 32.9 Å². The minimum absolute atomic E-state index is 0.0157. The highest BCUT2D eigenvalue weighted by molar-refractivity contribution is 4.83. The molecular formula is C11H23NO3. The third-order valence-corrected chi connectivity index (χ3v) is 3.31. The molecular weight excluding hydrogens is 194 g/mol. The van der Waals surface area contributed by atoms with E-state index in [1.807, 2.05) is 6.92 Å². The Labute approximate surface area is 91.5 Å². The van der Waals surface area contributed by atoms with Crippen LogP contribution in [0, 0.1) is 5.41 Å². The highest BCUT2D eigenvalue weighted by Crippen LogP contribution is 2.23. The highest BCUT2D eigenvalue weighted by atomic mass is 16.3. The van der Waals surface area contributed by atoms with Gasteiger partial charge in [-0.05, 0) is 19.4 Å². The fraction of sp³-hybridized carbons (Fsp3) is 1.00. The second-order valence-corrected chi connectivity index (χ2v) is 4.93. The Hall–Kier alpha value is -0.160. The van der Waals surface area contributed by atoms with Crippen molar-refractivity contribution in [3.63, 3.8) is 0 Å². The van der Waals surface area contributed by atoms with Crippen molar-refractivity contribution in [3.05, 3.63) is 0 Å². The minimum Gasteiger partial charge on any atom is -0.396 e. The number of hydrogen-bond acceptors (Lipinski definition) is 4. The summed E-state index contributed by atoms with van der Waals surface area (Å²) in [6.07, 6.45) is 3.32. The Morgan fingerprint density at radius 1 is 1.20 bits per heavy atom. The normalized spacial score (nSPS) is 24.4. The van der Waals surface area contributed by atoms with Crippen LogP contribution in [0.2, 0.25) is 0 Å². The molecule has 1 heterocycles. The zero-order chi connectivity index (χ0) is 11.3. The summed E-state index contributed by atoms with van der Waals surface area (Å²) in [4.78, 5) is 2.19. The van der Waals surface area contributed by atoms with Crippen LogP contribution < -0.4 is 0 Å². The van der Waals surface area contributed by atoms with E-state index in [0.29, 0.717) is 6.54 Å². The third kappa shape index (κ3) is 3.41. The lowest BCUT2D eigenvalue weighted by molar-refractivity contribution is -0.000130.